The van der Waals surface area contributed by atoms with Gasteiger partial charge in [-0.3, -0.25) is 14.4 Å². The summed E-state index contributed by atoms with van der Waals surface area (Å²) in [6, 6.07) is 3.18. The van der Waals surface area contributed by atoms with E-state index >= 15 is 0 Å². The number of H-pyrrole nitrogens is 1. The maximum atomic E-state index is 13.4. The van der Waals surface area contributed by atoms with E-state index in [-0.39, 0.29) is 24.2 Å². The van der Waals surface area contributed by atoms with Crippen LogP contribution in [0.4, 0.5) is 4.39 Å². The van der Waals surface area contributed by atoms with Gasteiger partial charge in [-0.25, -0.2) is 4.39 Å². The Morgan fingerprint density at radius 3 is 3.00 bits per heavy atom. The fourth-order valence-electron chi connectivity index (χ4n) is 2.85. The highest BCUT2D eigenvalue weighted by molar-refractivity contribution is 5.97. The minimum Gasteiger partial charge on any atom is -0.379 e. The molecule has 0 radical (unpaired) electrons. The lowest BCUT2D eigenvalue weighted by atomic mass is 10.1. The van der Waals surface area contributed by atoms with Crippen LogP contribution in [0, 0.1) is 5.82 Å². The molecule has 2 atom stereocenters. The number of ether oxygens (including phenoxy) is 2. The smallest absolute Gasteiger partial charge is 0.257 e. The van der Waals surface area contributed by atoms with Gasteiger partial charge in [-0.15, -0.1) is 0 Å². The molecule has 1 saturated heterocycles. The van der Waals surface area contributed by atoms with E-state index in [1.807, 2.05) is 0 Å². The quantitative estimate of drug-likeness (QED) is 0.693. The van der Waals surface area contributed by atoms with E-state index in [1.165, 1.54) is 18.3 Å². The number of hydrogen-bond acceptors (Lipinski definition) is 5. The second kappa shape index (κ2) is 7.63. The molecule has 0 spiro atoms. The molecular weight excluding hydrogens is 345 g/mol. The maximum Gasteiger partial charge on any atom is 0.257 e. The molecule has 1 fully saturated rings. The van der Waals surface area contributed by atoms with Gasteiger partial charge in [0.2, 0.25) is 11.3 Å². The van der Waals surface area contributed by atoms with E-state index in [1.54, 1.807) is 0 Å². The van der Waals surface area contributed by atoms with Gasteiger partial charge in [-0.2, -0.15) is 0 Å². The number of rotatable bonds is 5. The van der Waals surface area contributed by atoms with Crippen molar-refractivity contribution in [3.63, 3.8) is 0 Å². The number of primary amides is 1. The molecule has 1 aromatic carbocycles. The fourth-order valence-corrected chi connectivity index (χ4v) is 2.85. The number of fused-ring (bicyclic) bond motifs is 1. The highest BCUT2D eigenvalue weighted by atomic mass is 19.1. The Bertz CT molecular complexity index is 898. The number of amides is 2. The molecule has 8 nitrogen and oxygen atoms in total. The van der Waals surface area contributed by atoms with Gasteiger partial charge in [-0.05, 0) is 24.6 Å². The summed E-state index contributed by atoms with van der Waals surface area (Å²) in [5.74, 6) is -1.82. The van der Waals surface area contributed by atoms with Crippen molar-refractivity contribution in [1.29, 1.82) is 0 Å². The predicted octanol–water partition coefficient (Wildman–Crippen LogP) is 0.0564. The van der Waals surface area contributed by atoms with Gasteiger partial charge in [0.15, 0.2) is 0 Å². The SMILES string of the molecule is NC(=O)CO[C@H]1CCOC[C@H]1NC(=O)c1c[nH]c2ccc(F)cc2c1=O. The third-order valence-corrected chi connectivity index (χ3v) is 4.14. The van der Waals surface area contributed by atoms with E-state index in [9.17, 15) is 18.8 Å². The number of nitrogens with one attached hydrogen (secondary N) is 2. The molecule has 0 bridgehead atoms. The molecule has 9 heteroatoms. The number of pyridine rings is 1. The summed E-state index contributed by atoms with van der Waals surface area (Å²) < 4.78 is 24.1. The third kappa shape index (κ3) is 3.89. The fraction of sp³-hybridized carbons (Fsp3) is 0.353. The monoisotopic (exact) mass is 363 g/mol. The molecule has 0 saturated carbocycles. The summed E-state index contributed by atoms with van der Waals surface area (Å²) in [6.45, 7) is 0.327. The van der Waals surface area contributed by atoms with Gasteiger partial charge >= 0.3 is 0 Å². The average molecular weight is 363 g/mol. The summed E-state index contributed by atoms with van der Waals surface area (Å²) in [4.78, 5) is 38.7. The Hall–Kier alpha value is -2.78. The average Bonchev–Trinajstić information content (AvgIpc) is 2.61. The van der Waals surface area contributed by atoms with Crippen LogP contribution in [-0.4, -0.2) is 48.8 Å². The van der Waals surface area contributed by atoms with Gasteiger partial charge in [0.05, 0.1) is 18.8 Å². The summed E-state index contributed by atoms with van der Waals surface area (Å²) in [6.07, 6.45) is 1.29. The molecule has 2 heterocycles. The summed E-state index contributed by atoms with van der Waals surface area (Å²) >= 11 is 0. The second-order valence-electron chi connectivity index (χ2n) is 5.98. The number of aromatic nitrogens is 1. The molecular formula is C17H18FN3O5. The van der Waals surface area contributed by atoms with E-state index < -0.39 is 35.2 Å². The standard InChI is InChI=1S/C17H18FN3O5/c18-9-1-2-12-10(5-9)16(23)11(6-20-12)17(24)21-13-7-25-4-3-14(13)26-8-15(19)22/h1-2,5-6,13-14H,3-4,7-8H2,(H2,19,22)(H,20,23)(H,21,24)/t13-,14+/m1/s1. The van der Waals surface area contributed by atoms with Crippen LogP contribution in [-0.2, 0) is 14.3 Å². The Morgan fingerprint density at radius 1 is 1.42 bits per heavy atom. The first-order valence-electron chi connectivity index (χ1n) is 8.05. The van der Waals surface area contributed by atoms with Crippen molar-refractivity contribution in [2.24, 2.45) is 5.73 Å². The lowest BCUT2D eigenvalue weighted by Gasteiger charge is -2.31. The zero-order chi connectivity index (χ0) is 18.7. The van der Waals surface area contributed by atoms with Crippen molar-refractivity contribution in [3.8, 4) is 0 Å². The lowest BCUT2D eigenvalue weighted by Crippen LogP contribution is -2.51. The third-order valence-electron chi connectivity index (χ3n) is 4.14. The van der Waals surface area contributed by atoms with Gasteiger partial charge in [0.1, 0.15) is 18.0 Å². The van der Waals surface area contributed by atoms with Crippen molar-refractivity contribution >= 4 is 22.7 Å². The van der Waals surface area contributed by atoms with Crippen LogP contribution in [0.5, 0.6) is 0 Å². The Morgan fingerprint density at radius 2 is 2.23 bits per heavy atom. The normalized spacial score (nSPS) is 20.0. The number of aromatic amines is 1. The first kappa shape index (κ1) is 18.0. The van der Waals surface area contributed by atoms with Gasteiger partial charge in [-0.1, -0.05) is 0 Å². The highest BCUT2D eigenvalue weighted by Crippen LogP contribution is 2.14. The first-order chi connectivity index (χ1) is 12.5. The van der Waals surface area contributed by atoms with Crippen LogP contribution in [0.25, 0.3) is 10.9 Å². The van der Waals surface area contributed by atoms with Crippen LogP contribution in [0.2, 0.25) is 0 Å². The van der Waals surface area contributed by atoms with Crippen molar-refractivity contribution in [3.05, 3.63) is 46.0 Å². The first-order valence-corrected chi connectivity index (χ1v) is 8.05. The summed E-state index contributed by atoms with van der Waals surface area (Å²) in [5, 5.41) is 2.76. The van der Waals surface area contributed by atoms with E-state index in [4.69, 9.17) is 15.2 Å². The minimum atomic E-state index is -0.638. The number of halogens is 1. The second-order valence-corrected chi connectivity index (χ2v) is 5.98. The molecule has 1 aliphatic rings. The largest absolute Gasteiger partial charge is 0.379 e. The van der Waals surface area contributed by atoms with E-state index in [0.717, 1.165) is 6.07 Å². The molecule has 0 aliphatic carbocycles. The van der Waals surface area contributed by atoms with E-state index in [0.29, 0.717) is 18.5 Å². The molecule has 1 aliphatic heterocycles. The number of carbonyl (C=O) groups excluding carboxylic acids is 2. The summed E-state index contributed by atoms with van der Waals surface area (Å²) in [7, 11) is 0. The molecule has 26 heavy (non-hydrogen) atoms. The van der Waals surface area contributed by atoms with Crippen molar-refractivity contribution < 1.29 is 23.5 Å². The van der Waals surface area contributed by atoms with Gasteiger partial charge in [0, 0.05) is 23.7 Å². The van der Waals surface area contributed by atoms with Gasteiger partial charge < -0.3 is 25.5 Å². The summed E-state index contributed by atoms with van der Waals surface area (Å²) in [5.41, 5.74) is 4.77. The number of hydrogen-bond donors (Lipinski definition) is 3. The Balaban J connectivity index is 1.80. The lowest BCUT2D eigenvalue weighted by molar-refractivity contribution is -0.128. The van der Waals surface area contributed by atoms with Crippen LogP contribution in [0.3, 0.4) is 0 Å². The van der Waals surface area contributed by atoms with Crippen LogP contribution < -0.4 is 16.5 Å². The number of nitrogens with two attached hydrogens (primary N) is 1. The number of carbonyl (C=O) groups is 2. The Kier molecular flexibility index (Phi) is 5.29. The molecule has 3 rings (SSSR count). The van der Waals surface area contributed by atoms with Crippen molar-refractivity contribution in [2.45, 2.75) is 18.6 Å². The molecule has 1 aromatic heterocycles. The van der Waals surface area contributed by atoms with Crippen molar-refractivity contribution in [1.82, 2.24) is 10.3 Å². The molecule has 2 amide bonds. The highest BCUT2D eigenvalue weighted by Gasteiger charge is 2.29. The maximum absolute atomic E-state index is 13.4. The van der Waals surface area contributed by atoms with Crippen molar-refractivity contribution in [2.75, 3.05) is 19.8 Å². The van der Waals surface area contributed by atoms with E-state index in [2.05, 4.69) is 10.3 Å². The zero-order valence-electron chi connectivity index (χ0n) is 13.8. The molecule has 0 unspecified atom stereocenters. The molecule has 2 aromatic rings. The van der Waals surface area contributed by atoms with Crippen LogP contribution >= 0.6 is 0 Å². The zero-order valence-corrected chi connectivity index (χ0v) is 13.8. The van der Waals surface area contributed by atoms with Gasteiger partial charge in [0.25, 0.3) is 5.91 Å². The van der Waals surface area contributed by atoms with Crippen LogP contribution in [0.15, 0.2) is 29.2 Å². The van der Waals surface area contributed by atoms with Crippen LogP contribution in [0.1, 0.15) is 16.8 Å². The molecule has 4 N–H and O–H groups in total. The predicted molar refractivity (Wildman–Crippen MR) is 90.2 cm³/mol. The number of benzene rings is 1. The Labute approximate surface area is 147 Å². The molecule has 138 valence electrons. The minimum absolute atomic E-state index is 0.0825. The topological polar surface area (TPSA) is 124 Å².